The highest BCUT2D eigenvalue weighted by atomic mass is 31.2. The van der Waals surface area contributed by atoms with Gasteiger partial charge in [0.15, 0.2) is 11.6 Å². The predicted molar refractivity (Wildman–Crippen MR) is 261 cm³/mol. The molecule has 2 atom stereocenters. The van der Waals surface area contributed by atoms with Crippen LogP contribution in [0.5, 0.6) is 0 Å². The summed E-state index contributed by atoms with van der Waals surface area (Å²) in [6.45, 7) is 13.6. The van der Waals surface area contributed by atoms with E-state index in [1.54, 1.807) is 4.90 Å². The van der Waals surface area contributed by atoms with Gasteiger partial charge in [0.2, 0.25) is 5.52 Å². The fourth-order valence-corrected chi connectivity index (χ4v) is 8.38. The largest absolute Gasteiger partial charge is 0.756 e. The minimum Gasteiger partial charge on any atom is -0.756 e. The molecule has 1 unspecified atom stereocenters. The zero-order chi connectivity index (χ0) is 48.5. The average molecular weight is 956 g/mol. The second kappa shape index (κ2) is 40.9. The Kier molecular flexibility index (Phi) is 37.7. The number of benzene rings is 1. The van der Waals surface area contributed by atoms with Gasteiger partial charge in [-0.3, -0.25) is 24.3 Å². The smallest absolute Gasteiger partial charge is 0.306 e. The van der Waals surface area contributed by atoms with Gasteiger partial charge in [0.05, 0.1) is 43.5 Å². The molecule has 1 aromatic carbocycles. The SMILES string of the molecule is CCCCCCCCCCCCCCCC(=O)OC[C@H](COP(=O)([O-])OCCNc1ccc([N+](=O)[O-])c2nonc12)OC(=O)CCCCCCCCCCCCCCC.CC[NH+](CC)CC. The minimum atomic E-state index is -4.87. The molecule has 17 heteroatoms. The Morgan fingerprint density at radius 1 is 0.652 bits per heavy atom. The number of ether oxygens (including phenoxy) is 2. The fourth-order valence-electron chi connectivity index (χ4n) is 7.64. The molecule has 1 heterocycles. The molecule has 0 amide bonds. The van der Waals surface area contributed by atoms with Gasteiger partial charge in [-0.05, 0) is 50.0 Å². The molecule has 1 aromatic heterocycles. The zero-order valence-corrected chi connectivity index (χ0v) is 42.7. The van der Waals surface area contributed by atoms with Gasteiger partial charge in [0, 0.05) is 25.5 Å². The van der Waals surface area contributed by atoms with Crippen LogP contribution in [0.25, 0.3) is 11.0 Å². The van der Waals surface area contributed by atoms with Crippen LogP contribution >= 0.6 is 7.82 Å². The molecule has 382 valence electrons. The van der Waals surface area contributed by atoms with Gasteiger partial charge < -0.3 is 33.6 Å². The fraction of sp³-hybridized carbons (Fsp3) is 0.837. The van der Waals surface area contributed by atoms with E-state index in [-0.39, 0.29) is 49.3 Å². The Bertz CT molecular complexity index is 1560. The number of phosphoric ester groups is 1. The Hall–Kier alpha value is -3.17. The number of hydrogen-bond acceptors (Lipinski definition) is 14. The standard InChI is InChI=1S/C43H75N4O11P.C6H15N/c1-3-5-7-9-11-13-15-17-19-21-23-25-27-29-40(48)54-35-37(57-41(49)30-28-26-24-22-20-18-16-14-12-10-8-6-4-2)36-56-59(52,53)55-34-33-44-38-31-32-39(47(50)51)43-42(38)45-58-46-43;1-4-7(5-2)6-3/h31-32,37,44H,3-30,33-36H2,1-2H3,(H,52,53);4-6H2,1-3H3/t37-;/m1./s1. The number of phosphoric acid groups is 1. The maximum absolute atomic E-state index is 12.8. The van der Waals surface area contributed by atoms with Crippen molar-refractivity contribution < 1.29 is 52.0 Å². The highest BCUT2D eigenvalue weighted by Crippen LogP contribution is 2.38. The summed E-state index contributed by atoms with van der Waals surface area (Å²) in [6, 6.07) is 2.62. The minimum absolute atomic E-state index is 0.0380. The summed E-state index contributed by atoms with van der Waals surface area (Å²) < 4.78 is 38.2. The third-order valence-electron chi connectivity index (χ3n) is 11.9. The first-order valence-electron chi connectivity index (χ1n) is 25.9. The molecule has 0 aliphatic heterocycles. The van der Waals surface area contributed by atoms with Crippen molar-refractivity contribution in [3.63, 3.8) is 0 Å². The summed E-state index contributed by atoms with van der Waals surface area (Å²) in [5, 5.41) is 21.4. The lowest BCUT2D eigenvalue weighted by Crippen LogP contribution is -3.11. The Labute approximate surface area is 397 Å². The molecule has 2 N–H and O–H groups in total. The van der Waals surface area contributed by atoms with Crippen LogP contribution in [0.15, 0.2) is 16.8 Å². The Morgan fingerprint density at radius 2 is 1.09 bits per heavy atom. The molecule has 0 radical (unpaired) electrons. The van der Waals surface area contributed by atoms with Crippen molar-refractivity contribution in [3.8, 4) is 0 Å². The average Bonchev–Trinajstić information content (AvgIpc) is 3.80. The monoisotopic (exact) mass is 956 g/mol. The molecule has 16 nitrogen and oxygen atoms in total. The molecule has 2 aromatic rings. The number of carbonyl (C=O) groups is 2. The van der Waals surface area contributed by atoms with Crippen LogP contribution in [-0.4, -0.2) is 79.3 Å². The van der Waals surface area contributed by atoms with Crippen molar-refractivity contribution >= 4 is 42.2 Å². The molecule has 0 saturated heterocycles. The summed E-state index contributed by atoms with van der Waals surface area (Å²) in [5.74, 6) is -0.960. The second-order valence-corrected chi connectivity index (χ2v) is 18.9. The number of quaternary nitrogens is 1. The third-order valence-corrected chi connectivity index (χ3v) is 12.8. The molecule has 0 fully saturated rings. The van der Waals surface area contributed by atoms with Crippen molar-refractivity contribution in [1.29, 1.82) is 0 Å². The molecule has 0 aliphatic carbocycles. The topological polar surface area (TPSA) is 210 Å². The van der Waals surface area contributed by atoms with Crippen LogP contribution in [0.4, 0.5) is 11.4 Å². The molecule has 2 rings (SSSR count). The summed E-state index contributed by atoms with van der Waals surface area (Å²) >= 11 is 0. The van der Waals surface area contributed by atoms with Crippen molar-refractivity contribution in [2.75, 3.05) is 51.3 Å². The van der Waals surface area contributed by atoms with Crippen LogP contribution in [0.3, 0.4) is 0 Å². The first-order valence-corrected chi connectivity index (χ1v) is 27.4. The number of fused-ring (bicyclic) bond motifs is 1. The number of unbranched alkanes of at least 4 members (excludes halogenated alkanes) is 24. The summed E-state index contributed by atoms with van der Waals surface area (Å²) in [7, 11) is -4.87. The number of carbonyl (C=O) groups excluding carboxylic acids is 2. The maximum atomic E-state index is 12.8. The quantitative estimate of drug-likeness (QED) is 0.0208. The molecule has 66 heavy (non-hydrogen) atoms. The Morgan fingerprint density at radius 3 is 1.53 bits per heavy atom. The lowest BCUT2D eigenvalue weighted by atomic mass is 10.0. The van der Waals surface area contributed by atoms with E-state index in [4.69, 9.17) is 18.5 Å². The first-order chi connectivity index (χ1) is 32.0. The highest BCUT2D eigenvalue weighted by Gasteiger charge is 2.22. The third kappa shape index (κ3) is 31.7. The highest BCUT2D eigenvalue weighted by molar-refractivity contribution is 7.45. The number of rotatable bonds is 43. The van der Waals surface area contributed by atoms with E-state index in [1.165, 1.54) is 147 Å². The summed E-state index contributed by atoms with van der Waals surface area (Å²) in [6.07, 6.45) is 30.0. The van der Waals surface area contributed by atoms with Crippen molar-refractivity contribution in [1.82, 2.24) is 10.3 Å². The van der Waals surface area contributed by atoms with E-state index in [9.17, 15) is 29.2 Å². The molecular weight excluding hydrogens is 866 g/mol. The molecule has 0 bridgehead atoms. The summed E-state index contributed by atoms with van der Waals surface area (Å²) in [4.78, 5) is 50.2. The predicted octanol–water partition coefficient (Wildman–Crippen LogP) is 11.4. The van der Waals surface area contributed by atoms with Gasteiger partial charge in [-0.15, -0.1) is 0 Å². The number of nitrogens with one attached hydrogen (secondary N) is 2. The van der Waals surface area contributed by atoms with Crippen LogP contribution in [-0.2, 0) is 32.7 Å². The van der Waals surface area contributed by atoms with Gasteiger partial charge in [0.25, 0.3) is 7.82 Å². The normalized spacial score (nSPS) is 12.7. The first kappa shape index (κ1) is 60.8. The van der Waals surface area contributed by atoms with Crippen molar-refractivity contribution in [3.05, 3.63) is 22.2 Å². The van der Waals surface area contributed by atoms with Gasteiger partial charge in [-0.25, -0.2) is 4.63 Å². The Balaban J connectivity index is 0.00000286. The van der Waals surface area contributed by atoms with Crippen LogP contribution in [0.1, 0.15) is 214 Å². The van der Waals surface area contributed by atoms with E-state index in [0.29, 0.717) is 18.5 Å². The van der Waals surface area contributed by atoms with Gasteiger partial charge in [0.1, 0.15) is 6.61 Å². The van der Waals surface area contributed by atoms with E-state index >= 15 is 0 Å². The van der Waals surface area contributed by atoms with E-state index in [0.717, 1.165) is 38.5 Å². The maximum Gasteiger partial charge on any atom is 0.306 e. The van der Waals surface area contributed by atoms with Crippen LogP contribution in [0, 0.1) is 10.1 Å². The van der Waals surface area contributed by atoms with Gasteiger partial charge >= 0.3 is 17.6 Å². The number of hydrogen-bond donors (Lipinski definition) is 2. The van der Waals surface area contributed by atoms with Gasteiger partial charge in [-0.2, -0.15) is 0 Å². The molecular formula is C49H90N5O11P. The molecule has 0 aliphatic rings. The van der Waals surface area contributed by atoms with Crippen molar-refractivity contribution in [2.24, 2.45) is 0 Å². The second-order valence-electron chi connectivity index (χ2n) is 17.4. The lowest BCUT2D eigenvalue weighted by Gasteiger charge is -2.25. The molecule has 0 spiro atoms. The van der Waals surface area contributed by atoms with Crippen molar-refractivity contribution in [2.45, 2.75) is 221 Å². The molecule has 0 saturated carbocycles. The number of esters is 2. The van der Waals surface area contributed by atoms with E-state index in [1.807, 2.05) is 0 Å². The lowest BCUT2D eigenvalue weighted by molar-refractivity contribution is -0.894. The number of anilines is 1. The van der Waals surface area contributed by atoms with Gasteiger partial charge in [-0.1, -0.05) is 168 Å². The van der Waals surface area contributed by atoms with E-state index < -0.39 is 37.4 Å². The number of aromatic nitrogens is 2. The summed E-state index contributed by atoms with van der Waals surface area (Å²) in [5.41, 5.74) is 0.0879. The number of nitro groups is 1. The van der Waals surface area contributed by atoms with Crippen LogP contribution in [0.2, 0.25) is 0 Å². The number of nitrogens with zero attached hydrogens (tertiary/aromatic N) is 3. The van der Waals surface area contributed by atoms with Crippen LogP contribution < -0.4 is 15.1 Å². The number of non-ortho nitro benzene ring substituents is 1. The zero-order valence-electron chi connectivity index (χ0n) is 41.8. The van der Waals surface area contributed by atoms with E-state index in [2.05, 4.69) is 54.9 Å². The number of nitro benzene ring substituents is 1.